The predicted molar refractivity (Wildman–Crippen MR) is 149 cm³/mol. The average molecular weight is 584 g/mol. The summed E-state index contributed by atoms with van der Waals surface area (Å²) in [6.07, 6.45) is 0.166. The summed E-state index contributed by atoms with van der Waals surface area (Å²) in [5.74, 6) is -3.24. The van der Waals surface area contributed by atoms with Crippen LogP contribution in [0.3, 0.4) is 0 Å². The minimum Gasteiger partial charge on any atom is -0.466 e. The van der Waals surface area contributed by atoms with Crippen LogP contribution in [0.25, 0.3) is 0 Å². The number of allylic oxidation sites excluding steroid dienone is 2. The first kappa shape index (κ1) is 28.6. The van der Waals surface area contributed by atoms with Crippen LogP contribution in [0.5, 0.6) is 0 Å². The van der Waals surface area contributed by atoms with Crippen molar-refractivity contribution in [3.63, 3.8) is 0 Å². The summed E-state index contributed by atoms with van der Waals surface area (Å²) in [6, 6.07) is 13.4. The van der Waals surface area contributed by atoms with Crippen LogP contribution in [0.2, 0.25) is 5.02 Å². The number of ether oxygens (including phenoxy) is 4. The van der Waals surface area contributed by atoms with E-state index in [0.717, 1.165) is 5.69 Å². The molecule has 41 heavy (non-hydrogen) atoms. The van der Waals surface area contributed by atoms with Crippen LogP contribution in [0.4, 0.5) is 11.4 Å². The molecule has 216 valence electrons. The Labute approximate surface area is 241 Å². The van der Waals surface area contributed by atoms with Crippen molar-refractivity contribution in [3.8, 4) is 0 Å². The molecule has 1 spiro atoms. The molecule has 2 fully saturated rings. The zero-order valence-corrected chi connectivity index (χ0v) is 23.6. The lowest BCUT2D eigenvalue weighted by Gasteiger charge is -2.38. The second-order valence-corrected chi connectivity index (χ2v) is 10.6. The molecule has 0 amide bonds. The summed E-state index contributed by atoms with van der Waals surface area (Å²) in [7, 11) is 1.23. The molecule has 2 aromatic rings. The number of nitro groups is 1. The van der Waals surface area contributed by atoms with Gasteiger partial charge in [0.05, 0.1) is 29.1 Å². The maximum atomic E-state index is 13.7. The fourth-order valence-corrected chi connectivity index (χ4v) is 5.71. The number of anilines is 1. The number of nitro benzene ring substituents is 1. The molecule has 3 heterocycles. The highest BCUT2D eigenvalue weighted by Gasteiger charge is 2.46. The molecule has 5 rings (SSSR count). The van der Waals surface area contributed by atoms with Crippen LogP contribution >= 0.6 is 11.6 Å². The molecule has 0 bridgehead atoms. The standard InChI is InChI=1S/C29H30ClN3O8/c1-17-24(27(34)38-3)26(19-5-4-6-22(15-19)33(36)37)25(18(2)31-17)28(35)40-23-16-39-29(41-23)11-13-32(14-12-29)21-9-7-20(30)8-10-21/h4-10,15,23,26,31H,11-14,16H2,1-3H3. The lowest BCUT2D eigenvalue weighted by atomic mass is 9.80. The maximum Gasteiger partial charge on any atom is 0.339 e. The first-order valence-electron chi connectivity index (χ1n) is 13.2. The van der Waals surface area contributed by atoms with Gasteiger partial charge in [-0.15, -0.1) is 0 Å². The van der Waals surface area contributed by atoms with E-state index < -0.39 is 34.9 Å². The molecule has 0 radical (unpaired) electrons. The highest BCUT2D eigenvalue weighted by molar-refractivity contribution is 6.30. The Balaban J connectivity index is 1.34. The maximum absolute atomic E-state index is 13.7. The van der Waals surface area contributed by atoms with Crippen molar-refractivity contribution in [2.75, 3.05) is 31.7 Å². The van der Waals surface area contributed by atoms with Crippen LogP contribution in [0, 0.1) is 10.1 Å². The van der Waals surface area contributed by atoms with Crippen molar-refractivity contribution in [1.82, 2.24) is 5.32 Å². The number of hydrogen-bond acceptors (Lipinski definition) is 10. The van der Waals surface area contributed by atoms with Crippen LogP contribution in [-0.2, 0) is 28.5 Å². The fraction of sp³-hybridized carbons (Fsp3) is 0.379. The summed E-state index contributed by atoms with van der Waals surface area (Å²) < 4.78 is 23.0. The van der Waals surface area contributed by atoms with E-state index in [0.29, 0.717) is 47.9 Å². The van der Waals surface area contributed by atoms with E-state index in [9.17, 15) is 19.7 Å². The molecular weight excluding hydrogens is 554 g/mol. The molecule has 12 heteroatoms. The molecule has 11 nitrogen and oxygen atoms in total. The summed E-state index contributed by atoms with van der Waals surface area (Å²) >= 11 is 6.01. The Morgan fingerprint density at radius 3 is 2.37 bits per heavy atom. The largest absolute Gasteiger partial charge is 0.466 e. The molecular formula is C29H30ClN3O8. The number of methoxy groups -OCH3 is 1. The Kier molecular flexibility index (Phi) is 8.03. The third kappa shape index (κ3) is 5.79. The van der Waals surface area contributed by atoms with Gasteiger partial charge in [-0.2, -0.15) is 0 Å². The van der Waals surface area contributed by atoms with Gasteiger partial charge in [-0.25, -0.2) is 9.59 Å². The third-order valence-electron chi connectivity index (χ3n) is 7.58. The van der Waals surface area contributed by atoms with Gasteiger partial charge in [0.2, 0.25) is 6.29 Å². The van der Waals surface area contributed by atoms with E-state index in [4.69, 9.17) is 30.5 Å². The van der Waals surface area contributed by atoms with E-state index in [1.165, 1.54) is 25.3 Å². The first-order chi connectivity index (χ1) is 19.6. The summed E-state index contributed by atoms with van der Waals surface area (Å²) in [5, 5.41) is 15.2. The number of hydrogen-bond donors (Lipinski definition) is 1. The van der Waals surface area contributed by atoms with Crippen molar-refractivity contribution >= 4 is 34.9 Å². The fourth-order valence-electron chi connectivity index (χ4n) is 5.58. The molecule has 2 saturated heterocycles. The Morgan fingerprint density at radius 1 is 1.07 bits per heavy atom. The van der Waals surface area contributed by atoms with Crippen molar-refractivity contribution in [1.29, 1.82) is 0 Å². The average Bonchev–Trinajstić information content (AvgIpc) is 3.34. The predicted octanol–water partition coefficient (Wildman–Crippen LogP) is 4.57. The van der Waals surface area contributed by atoms with Gasteiger partial charge in [-0.05, 0) is 43.7 Å². The molecule has 3 aliphatic rings. The second-order valence-electron chi connectivity index (χ2n) is 10.1. The van der Waals surface area contributed by atoms with Gasteiger partial charge in [0.25, 0.3) is 5.69 Å². The number of piperidine rings is 1. The number of nitrogens with one attached hydrogen (secondary N) is 1. The van der Waals surface area contributed by atoms with Crippen LogP contribution in [0.15, 0.2) is 71.1 Å². The van der Waals surface area contributed by atoms with Gasteiger partial charge in [-0.1, -0.05) is 23.7 Å². The third-order valence-corrected chi connectivity index (χ3v) is 7.84. The number of rotatable bonds is 6. The summed E-state index contributed by atoms with van der Waals surface area (Å²) in [5.41, 5.74) is 2.44. The molecule has 0 aromatic heterocycles. The van der Waals surface area contributed by atoms with Gasteiger partial charge < -0.3 is 29.2 Å². The van der Waals surface area contributed by atoms with Crippen molar-refractivity contribution in [3.05, 3.63) is 91.8 Å². The van der Waals surface area contributed by atoms with Crippen LogP contribution in [-0.4, -0.2) is 55.7 Å². The lowest BCUT2D eigenvalue weighted by Crippen LogP contribution is -2.45. The second kappa shape index (κ2) is 11.5. The normalized spacial score (nSPS) is 22.0. The number of nitrogens with zero attached hydrogens (tertiary/aromatic N) is 2. The van der Waals surface area contributed by atoms with Gasteiger partial charge >= 0.3 is 11.9 Å². The number of non-ortho nitro benzene ring substituents is 1. The van der Waals surface area contributed by atoms with Crippen molar-refractivity contribution < 1.29 is 33.5 Å². The van der Waals surface area contributed by atoms with Gasteiger partial charge in [-0.3, -0.25) is 10.1 Å². The number of esters is 2. The molecule has 2 aromatic carbocycles. The zero-order valence-electron chi connectivity index (χ0n) is 22.8. The first-order valence-corrected chi connectivity index (χ1v) is 13.5. The highest BCUT2D eigenvalue weighted by Crippen LogP contribution is 2.41. The monoisotopic (exact) mass is 583 g/mol. The smallest absolute Gasteiger partial charge is 0.339 e. The minimum absolute atomic E-state index is 0.0483. The number of carbonyl (C=O) groups excluding carboxylic acids is 2. The molecule has 2 atom stereocenters. The Morgan fingerprint density at radius 2 is 1.73 bits per heavy atom. The van der Waals surface area contributed by atoms with Gasteiger partial charge in [0, 0.05) is 60.2 Å². The van der Waals surface area contributed by atoms with Crippen molar-refractivity contribution in [2.45, 2.75) is 44.7 Å². The van der Waals surface area contributed by atoms with Gasteiger partial charge in [0.1, 0.15) is 6.61 Å². The summed E-state index contributed by atoms with van der Waals surface area (Å²) in [6.45, 7) is 4.76. The Hall–Kier alpha value is -3.93. The SMILES string of the molecule is COC(=O)C1=C(C)NC(C)=C(C(=O)OC2COC3(CCN(c4ccc(Cl)cc4)CC3)O2)C1c1cccc([N+](=O)[O-])c1. The Bertz CT molecular complexity index is 1430. The van der Waals surface area contributed by atoms with Crippen LogP contribution in [0.1, 0.15) is 38.2 Å². The molecule has 3 aliphatic heterocycles. The lowest BCUT2D eigenvalue weighted by molar-refractivity contribution is -0.384. The number of benzene rings is 2. The van der Waals surface area contributed by atoms with Gasteiger partial charge in [0.15, 0.2) is 5.79 Å². The van der Waals surface area contributed by atoms with Crippen molar-refractivity contribution in [2.24, 2.45) is 0 Å². The molecule has 1 N–H and O–H groups in total. The number of dihydropyridines is 1. The zero-order chi connectivity index (χ0) is 29.3. The van der Waals surface area contributed by atoms with Crippen LogP contribution < -0.4 is 10.2 Å². The molecule has 0 aliphatic carbocycles. The molecule has 2 unspecified atom stereocenters. The summed E-state index contributed by atoms with van der Waals surface area (Å²) in [4.78, 5) is 39.7. The highest BCUT2D eigenvalue weighted by atomic mass is 35.5. The minimum atomic E-state index is -0.968. The van der Waals surface area contributed by atoms with E-state index in [2.05, 4.69) is 10.2 Å². The van der Waals surface area contributed by atoms with E-state index in [1.807, 2.05) is 24.3 Å². The van der Waals surface area contributed by atoms with E-state index >= 15 is 0 Å². The number of carbonyl (C=O) groups is 2. The van der Waals surface area contributed by atoms with E-state index in [-0.39, 0.29) is 23.4 Å². The number of halogens is 1. The molecule has 0 saturated carbocycles. The van der Waals surface area contributed by atoms with E-state index in [1.54, 1.807) is 19.9 Å². The quantitative estimate of drug-likeness (QED) is 0.293. The topological polar surface area (TPSA) is 129 Å².